The van der Waals surface area contributed by atoms with Crippen molar-refractivity contribution < 1.29 is 19.5 Å². The summed E-state index contributed by atoms with van der Waals surface area (Å²) in [4.78, 5) is 33.9. The standard InChI is InChI=1S/C14H24N2O4/c1-10(16-14(20)11-6-2-3-7-11)13(19)15-9-5-4-8-12(17)18/h10-11H,2-9H2,1H3,(H,15,19)(H,16,20)(H,17,18). The van der Waals surface area contributed by atoms with Crippen molar-refractivity contribution in [3.05, 3.63) is 0 Å². The Morgan fingerprint density at radius 2 is 1.85 bits per heavy atom. The maximum atomic E-state index is 11.9. The van der Waals surface area contributed by atoms with E-state index < -0.39 is 12.0 Å². The number of carboxylic acids is 1. The molecule has 114 valence electrons. The van der Waals surface area contributed by atoms with Gasteiger partial charge in [0.15, 0.2) is 0 Å². The van der Waals surface area contributed by atoms with Crippen LogP contribution in [0.2, 0.25) is 0 Å². The Morgan fingerprint density at radius 1 is 1.20 bits per heavy atom. The first-order chi connectivity index (χ1) is 9.50. The lowest BCUT2D eigenvalue weighted by Crippen LogP contribution is -2.46. The number of rotatable bonds is 8. The summed E-state index contributed by atoms with van der Waals surface area (Å²) in [5.41, 5.74) is 0. The van der Waals surface area contributed by atoms with Gasteiger partial charge < -0.3 is 15.7 Å². The summed E-state index contributed by atoms with van der Waals surface area (Å²) in [6, 6.07) is -0.539. The van der Waals surface area contributed by atoms with Crippen molar-refractivity contribution >= 4 is 17.8 Å². The number of amides is 2. The Hall–Kier alpha value is -1.59. The fourth-order valence-electron chi connectivity index (χ4n) is 2.35. The molecule has 0 aliphatic heterocycles. The van der Waals surface area contributed by atoms with Crippen molar-refractivity contribution in [2.75, 3.05) is 6.54 Å². The van der Waals surface area contributed by atoms with E-state index in [4.69, 9.17) is 5.11 Å². The van der Waals surface area contributed by atoms with Crippen molar-refractivity contribution in [1.29, 1.82) is 0 Å². The normalized spacial score (nSPS) is 16.6. The topological polar surface area (TPSA) is 95.5 Å². The second-order valence-electron chi connectivity index (χ2n) is 5.35. The molecule has 1 aliphatic rings. The van der Waals surface area contributed by atoms with Gasteiger partial charge in [-0.15, -0.1) is 0 Å². The Morgan fingerprint density at radius 3 is 2.45 bits per heavy atom. The number of unbranched alkanes of at least 4 members (excludes halogenated alkanes) is 1. The summed E-state index contributed by atoms with van der Waals surface area (Å²) in [7, 11) is 0. The van der Waals surface area contributed by atoms with Crippen LogP contribution in [0.4, 0.5) is 0 Å². The monoisotopic (exact) mass is 284 g/mol. The minimum atomic E-state index is -0.825. The lowest BCUT2D eigenvalue weighted by Gasteiger charge is -2.16. The van der Waals surface area contributed by atoms with E-state index in [2.05, 4.69) is 10.6 Å². The lowest BCUT2D eigenvalue weighted by atomic mass is 10.1. The molecule has 0 radical (unpaired) electrons. The van der Waals surface area contributed by atoms with Crippen molar-refractivity contribution in [2.45, 2.75) is 57.9 Å². The number of carbonyl (C=O) groups is 3. The maximum absolute atomic E-state index is 11.9. The quantitative estimate of drug-likeness (QED) is 0.581. The molecule has 0 heterocycles. The summed E-state index contributed by atoms with van der Waals surface area (Å²) in [6.07, 6.45) is 5.28. The molecule has 0 aromatic carbocycles. The summed E-state index contributed by atoms with van der Waals surface area (Å²) in [5.74, 6) is -1.02. The maximum Gasteiger partial charge on any atom is 0.303 e. The number of carbonyl (C=O) groups excluding carboxylic acids is 2. The van der Waals surface area contributed by atoms with E-state index in [1.54, 1.807) is 6.92 Å². The van der Waals surface area contributed by atoms with Gasteiger partial charge >= 0.3 is 5.97 Å². The van der Waals surface area contributed by atoms with Gasteiger partial charge in [0.25, 0.3) is 0 Å². The predicted molar refractivity (Wildman–Crippen MR) is 74.1 cm³/mol. The molecule has 1 fully saturated rings. The number of nitrogens with one attached hydrogen (secondary N) is 2. The van der Waals surface area contributed by atoms with Crippen LogP contribution in [0.3, 0.4) is 0 Å². The molecule has 0 saturated heterocycles. The highest BCUT2D eigenvalue weighted by Crippen LogP contribution is 2.24. The van der Waals surface area contributed by atoms with E-state index in [0.29, 0.717) is 19.4 Å². The zero-order chi connectivity index (χ0) is 15.0. The van der Waals surface area contributed by atoms with E-state index in [0.717, 1.165) is 25.7 Å². The van der Waals surface area contributed by atoms with Crippen LogP contribution in [0.25, 0.3) is 0 Å². The first kappa shape index (κ1) is 16.5. The van der Waals surface area contributed by atoms with Gasteiger partial charge in [-0.2, -0.15) is 0 Å². The van der Waals surface area contributed by atoms with Gasteiger partial charge in [-0.1, -0.05) is 12.8 Å². The molecule has 1 aliphatic carbocycles. The number of aliphatic carboxylic acids is 1. The molecule has 6 nitrogen and oxygen atoms in total. The zero-order valence-corrected chi connectivity index (χ0v) is 12.0. The number of hydrogen-bond donors (Lipinski definition) is 3. The van der Waals surface area contributed by atoms with Gasteiger partial charge in [0.05, 0.1) is 0 Å². The van der Waals surface area contributed by atoms with Crippen LogP contribution < -0.4 is 10.6 Å². The third-order valence-corrected chi connectivity index (χ3v) is 3.59. The van der Waals surface area contributed by atoms with E-state index in [9.17, 15) is 14.4 Å². The predicted octanol–water partition coefficient (Wildman–Crippen LogP) is 1.05. The van der Waals surface area contributed by atoms with Gasteiger partial charge in [0, 0.05) is 18.9 Å². The molecule has 0 aromatic rings. The molecule has 0 spiro atoms. The SMILES string of the molecule is CC(NC(=O)C1CCCC1)C(=O)NCCCCC(=O)O. The van der Waals surface area contributed by atoms with Gasteiger partial charge in [-0.05, 0) is 32.6 Å². The average molecular weight is 284 g/mol. The average Bonchev–Trinajstić information content (AvgIpc) is 2.91. The lowest BCUT2D eigenvalue weighted by molar-refractivity contribution is -0.137. The van der Waals surface area contributed by atoms with Gasteiger partial charge in [0.2, 0.25) is 11.8 Å². The summed E-state index contributed by atoms with van der Waals surface area (Å²) >= 11 is 0. The summed E-state index contributed by atoms with van der Waals surface area (Å²) in [6.45, 7) is 2.11. The zero-order valence-electron chi connectivity index (χ0n) is 12.0. The molecule has 1 unspecified atom stereocenters. The molecule has 6 heteroatoms. The largest absolute Gasteiger partial charge is 0.481 e. The minimum absolute atomic E-state index is 0.0315. The Bertz CT molecular complexity index is 351. The molecule has 0 bridgehead atoms. The first-order valence-corrected chi connectivity index (χ1v) is 7.30. The number of hydrogen-bond acceptors (Lipinski definition) is 3. The van der Waals surface area contributed by atoms with E-state index in [1.807, 2.05) is 0 Å². The highest BCUT2D eigenvalue weighted by Gasteiger charge is 2.25. The molecule has 3 N–H and O–H groups in total. The van der Waals surface area contributed by atoms with Crippen LogP contribution >= 0.6 is 0 Å². The molecule has 20 heavy (non-hydrogen) atoms. The van der Waals surface area contributed by atoms with Crippen LogP contribution in [-0.2, 0) is 14.4 Å². The molecule has 1 atom stereocenters. The summed E-state index contributed by atoms with van der Waals surface area (Å²) in [5, 5.41) is 13.9. The molecule has 1 rings (SSSR count). The van der Waals surface area contributed by atoms with Gasteiger partial charge in [0.1, 0.15) is 6.04 Å². The molecule has 2 amide bonds. The van der Waals surface area contributed by atoms with Crippen LogP contribution in [0.1, 0.15) is 51.9 Å². The fourth-order valence-corrected chi connectivity index (χ4v) is 2.35. The van der Waals surface area contributed by atoms with Gasteiger partial charge in [-0.3, -0.25) is 14.4 Å². The fraction of sp³-hybridized carbons (Fsp3) is 0.786. The second kappa shape index (κ2) is 8.55. The molecule has 0 aromatic heterocycles. The first-order valence-electron chi connectivity index (χ1n) is 7.30. The molecular formula is C14H24N2O4. The van der Waals surface area contributed by atoms with Crippen LogP contribution in [0.5, 0.6) is 0 Å². The Balaban J connectivity index is 2.15. The van der Waals surface area contributed by atoms with Crippen molar-refractivity contribution in [1.82, 2.24) is 10.6 Å². The van der Waals surface area contributed by atoms with Gasteiger partial charge in [-0.25, -0.2) is 0 Å². The number of carboxylic acid groups (broad SMARTS) is 1. The third kappa shape index (κ3) is 6.04. The highest BCUT2D eigenvalue weighted by atomic mass is 16.4. The van der Waals surface area contributed by atoms with Crippen molar-refractivity contribution in [3.63, 3.8) is 0 Å². The van der Waals surface area contributed by atoms with Crippen molar-refractivity contribution in [2.24, 2.45) is 5.92 Å². The minimum Gasteiger partial charge on any atom is -0.481 e. The Kier molecular flexibility index (Phi) is 7.04. The Labute approximate surface area is 119 Å². The van der Waals surface area contributed by atoms with Crippen LogP contribution in [0, 0.1) is 5.92 Å². The van der Waals surface area contributed by atoms with Crippen LogP contribution in [0.15, 0.2) is 0 Å². The van der Waals surface area contributed by atoms with E-state index in [1.165, 1.54) is 0 Å². The smallest absolute Gasteiger partial charge is 0.303 e. The second-order valence-corrected chi connectivity index (χ2v) is 5.35. The van der Waals surface area contributed by atoms with E-state index >= 15 is 0 Å². The molecule has 1 saturated carbocycles. The van der Waals surface area contributed by atoms with E-state index in [-0.39, 0.29) is 24.2 Å². The molecular weight excluding hydrogens is 260 g/mol. The van der Waals surface area contributed by atoms with Crippen molar-refractivity contribution in [3.8, 4) is 0 Å². The third-order valence-electron chi connectivity index (χ3n) is 3.59. The highest BCUT2D eigenvalue weighted by molar-refractivity contribution is 5.88. The van der Waals surface area contributed by atoms with Crippen LogP contribution in [-0.4, -0.2) is 35.5 Å². The summed E-state index contributed by atoms with van der Waals surface area (Å²) < 4.78 is 0.